The summed E-state index contributed by atoms with van der Waals surface area (Å²) in [6.45, 7) is 1.64. The van der Waals surface area contributed by atoms with Crippen LogP contribution in [0.1, 0.15) is 6.92 Å². The Balaban J connectivity index is 2.61. The lowest BCUT2D eigenvalue weighted by atomic mass is 10.4. The van der Waals surface area contributed by atoms with Crippen LogP contribution in [0.2, 0.25) is 0 Å². The molecule has 1 aliphatic heterocycles. The number of rotatable bonds is 0. The standard InChI is InChI=1S/C5H6Cl3NO2/c1-2-3(10)11-4(9-2)5(6,7)8/h2,4,9H,1H3/t2-,4-/m1/s1. The molecular formula is C5H6Cl3NO2. The molecule has 0 aromatic carbocycles. The molecule has 0 unspecified atom stereocenters. The Bertz CT molecular complexity index is 179. The average molecular weight is 218 g/mol. The van der Waals surface area contributed by atoms with Crippen molar-refractivity contribution in [2.45, 2.75) is 23.0 Å². The summed E-state index contributed by atoms with van der Waals surface area (Å²) < 4.78 is 3.10. The number of hydrogen-bond donors (Lipinski definition) is 1. The summed E-state index contributed by atoms with van der Waals surface area (Å²) in [5.74, 6) is -0.402. The van der Waals surface area contributed by atoms with Crippen LogP contribution in [0.5, 0.6) is 0 Å². The number of nitrogens with one attached hydrogen (secondary N) is 1. The van der Waals surface area contributed by atoms with Crippen LogP contribution < -0.4 is 5.32 Å². The predicted octanol–water partition coefficient (Wildman–Crippen LogP) is 1.22. The van der Waals surface area contributed by atoms with E-state index in [1.54, 1.807) is 6.92 Å². The first-order valence-corrected chi connectivity index (χ1v) is 4.08. The van der Waals surface area contributed by atoms with Gasteiger partial charge < -0.3 is 4.74 Å². The summed E-state index contributed by atoms with van der Waals surface area (Å²) in [6, 6.07) is -0.407. The van der Waals surface area contributed by atoms with Crippen LogP contribution in [0, 0.1) is 0 Å². The van der Waals surface area contributed by atoms with Crippen LogP contribution in [0.25, 0.3) is 0 Å². The molecule has 0 radical (unpaired) electrons. The van der Waals surface area contributed by atoms with Crippen molar-refractivity contribution in [1.29, 1.82) is 0 Å². The quantitative estimate of drug-likeness (QED) is 0.491. The van der Waals surface area contributed by atoms with Gasteiger partial charge in [-0.2, -0.15) is 0 Å². The van der Waals surface area contributed by atoms with Crippen molar-refractivity contribution >= 4 is 40.8 Å². The third kappa shape index (κ3) is 2.12. The lowest BCUT2D eigenvalue weighted by molar-refractivity contribution is -0.142. The van der Waals surface area contributed by atoms with Gasteiger partial charge in [-0.15, -0.1) is 0 Å². The van der Waals surface area contributed by atoms with Gasteiger partial charge in [-0.05, 0) is 6.92 Å². The molecule has 0 amide bonds. The van der Waals surface area contributed by atoms with Gasteiger partial charge in [0, 0.05) is 0 Å². The van der Waals surface area contributed by atoms with Crippen molar-refractivity contribution in [3.63, 3.8) is 0 Å². The van der Waals surface area contributed by atoms with Crippen molar-refractivity contribution < 1.29 is 9.53 Å². The van der Waals surface area contributed by atoms with Crippen molar-refractivity contribution in [1.82, 2.24) is 5.32 Å². The molecule has 3 nitrogen and oxygen atoms in total. The van der Waals surface area contributed by atoms with Crippen LogP contribution in [0.4, 0.5) is 0 Å². The van der Waals surface area contributed by atoms with Gasteiger partial charge in [-0.1, -0.05) is 34.8 Å². The van der Waals surface area contributed by atoms with Gasteiger partial charge in [-0.3, -0.25) is 10.1 Å². The highest BCUT2D eigenvalue weighted by molar-refractivity contribution is 6.68. The Morgan fingerprint density at radius 1 is 1.55 bits per heavy atom. The molecule has 1 heterocycles. The van der Waals surface area contributed by atoms with E-state index in [1.165, 1.54) is 0 Å². The van der Waals surface area contributed by atoms with E-state index in [4.69, 9.17) is 39.5 Å². The lowest BCUT2D eigenvalue weighted by Gasteiger charge is -2.17. The molecule has 0 bridgehead atoms. The van der Waals surface area contributed by atoms with Crippen LogP contribution >= 0.6 is 34.8 Å². The van der Waals surface area contributed by atoms with E-state index in [9.17, 15) is 4.79 Å². The summed E-state index contributed by atoms with van der Waals surface area (Å²) >= 11 is 16.4. The molecule has 0 aliphatic carbocycles. The minimum absolute atomic E-state index is 0.402. The molecule has 1 N–H and O–H groups in total. The van der Waals surface area contributed by atoms with Gasteiger partial charge in [0.25, 0.3) is 0 Å². The molecule has 1 rings (SSSR count). The highest BCUT2D eigenvalue weighted by Crippen LogP contribution is 2.33. The van der Waals surface area contributed by atoms with Gasteiger partial charge in [0.05, 0.1) is 0 Å². The zero-order valence-corrected chi connectivity index (χ0v) is 7.87. The Morgan fingerprint density at radius 3 is 2.27 bits per heavy atom. The molecule has 1 saturated heterocycles. The molecular weight excluding hydrogens is 212 g/mol. The van der Waals surface area contributed by atoms with Crippen molar-refractivity contribution in [2.24, 2.45) is 0 Å². The number of carbonyl (C=O) groups excluding carboxylic acids is 1. The summed E-state index contributed by atoms with van der Waals surface area (Å²) in [6.07, 6.45) is -0.838. The highest BCUT2D eigenvalue weighted by Gasteiger charge is 2.43. The summed E-state index contributed by atoms with van der Waals surface area (Å²) in [5, 5.41) is 2.68. The Morgan fingerprint density at radius 2 is 2.09 bits per heavy atom. The number of alkyl halides is 3. The van der Waals surface area contributed by atoms with Crippen LogP contribution in [0.15, 0.2) is 0 Å². The van der Waals surface area contributed by atoms with Crippen molar-refractivity contribution in [3.8, 4) is 0 Å². The molecule has 0 aromatic rings. The van der Waals surface area contributed by atoms with Crippen molar-refractivity contribution in [3.05, 3.63) is 0 Å². The second-order valence-electron chi connectivity index (χ2n) is 2.25. The smallest absolute Gasteiger partial charge is 0.324 e. The number of esters is 1. The van der Waals surface area contributed by atoms with E-state index < -0.39 is 22.0 Å². The summed E-state index contributed by atoms with van der Waals surface area (Å²) in [5.41, 5.74) is 0. The normalized spacial score (nSPS) is 32.2. The minimum Gasteiger partial charge on any atom is -0.441 e. The van der Waals surface area contributed by atoms with Crippen LogP contribution in [-0.2, 0) is 9.53 Å². The van der Waals surface area contributed by atoms with Gasteiger partial charge in [-0.25, -0.2) is 0 Å². The Kier molecular flexibility index (Phi) is 2.54. The fourth-order valence-corrected chi connectivity index (χ4v) is 1.03. The molecule has 1 fully saturated rings. The van der Waals surface area contributed by atoms with Gasteiger partial charge in [0.1, 0.15) is 6.04 Å². The Labute approximate surface area is 78.9 Å². The number of carbonyl (C=O) groups is 1. The molecule has 2 atom stereocenters. The maximum absolute atomic E-state index is 10.8. The Hall–Kier alpha value is 0.300. The number of cyclic esters (lactones) is 1. The molecule has 6 heteroatoms. The van der Waals surface area contributed by atoms with E-state index in [0.717, 1.165) is 0 Å². The van der Waals surface area contributed by atoms with E-state index in [-0.39, 0.29) is 0 Å². The highest BCUT2D eigenvalue weighted by atomic mass is 35.6. The van der Waals surface area contributed by atoms with E-state index in [0.29, 0.717) is 0 Å². The number of halogens is 3. The summed E-state index contributed by atoms with van der Waals surface area (Å²) in [4.78, 5) is 10.8. The zero-order valence-electron chi connectivity index (χ0n) is 5.61. The van der Waals surface area contributed by atoms with E-state index in [2.05, 4.69) is 5.32 Å². The fraction of sp³-hybridized carbons (Fsp3) is 0.800. The van der Waals surface area contributed by atoms with Crippen LogP contribution in [-0.4, -0.2) is 22.0 Å². The number of ether oxygens (including phenoxy) is 1. The van der Waals surface area contributed by atoms with E-state index >= 15 is 0 Å². The SMILES string of the molecule is C[C@H]1N[C@@H](C(Cl)(Cl)Cl)OC1=O. The fourth-order valence-electron chi connectivity index (χ4n) is 0.709. The molecule has 1 aliphatic rings. The van der Waals surface area contributed by atoms with Crippen molar-refractivity contribution in [2.75, 3.05) is 0 Å². The first-order chi connectivity index (χ1) is 4.91. The maximum atomic E-state index is 10.8. The molecule has 11 heavy (non-hydrogen) atoms. The monoisotopic (exact) mass is 217 g/mol. The average Bonchev–Trinajstić information content (AvgIpc) is 2.11. The second kappa shape index (κ2) is 2.98. The third-order valence-electron chi connectivity index (χ3n) is 1.29. The second-order valence-corrected chi connectivity index (χ2v) is 4.62. The topological polar surface area (TPSA) is 38.3 Å². The predicted molar refractivity (Wildman–Crippen MR) is 42.8 cm³/mol. The molecule has 0 saturated carbocycles. The lowest BCUT2D eigenvalue weighted by Crippen LogP contribution is -2.38. The molecule has 0 aromatic heterocycles. The first kappa shape index (κ1) is 9.39. The molecule has 64 valence electrons. The van der Waals surface area contributed by atoms with E-state index in [1.807, 2.05) is 0 Å². The first-order valence-electron chi connectivity index (χ1n) is 2.94. The largest absolute Gasteiger partial charge is 0.441 e. The van der Waals surface area contributed by atoms with Gasteiger partial charge in [0.15, 0.2) is 0 Å². The van der Waals surface area contributed by atoms with Crippen LogP contribution in [0.3, 0.4) is 0 Å². The maximum Gasteiger partial charge on any atom is 0.324 e. The molecule has 0 spiro atoms. The summed E-state index contributed by atoms with van der Waals surface area (Å²) in [7, 11) is 0. The van der Waals surface area contributed by atoms with Gasteiger partial charge in [0.2, 0.25) is 10.0 Å². The van der Waals surface area contributed by atoms with Gasteiger partial charge >= 0.3 is 5.97 Å². The number of hydrogen-bond acceptors (Lipinski definition) is 3. The zero-order chi connectivity index (χ0) is 8.65. The minimum atomic E-state index is -1.60. The third-order valence-corrected chi connectivity index (χ3v) is 1.88.